The van der Waals surface area contributed by atoms with E-state index < -0.39 is 0 Å². The SMILES string of the molecule is CN=C(NCC(=O)N1CCN(c2ccccc2)CC1)N1CCCC(C)C1. The molecule has 0 aliphatic carbocycles. The van der Waals surface area contributed by atoms with Gasteiger partial charge in [-0.25, -0.2) is 0 Å². The van der Waals surface area contributed by atoms with Crippen LogP contribution in [0.15, 0.2) is 35.3 Å². The molecule has 0 saturated carbocycles. The maximum absolute atomic E-state index is 12.6. The number of nitrogens with one attached hydrogen (secondary N) is 1. The Morgan fingerprint density at radius 1 is 1.12 bits per heavy atom. The quantitative estimate of drug-likeness (QED) is 0.660. The summed E-state index contributed by atoms with van der Waals surface area (Å²) in [6.07, 6.45) is 2.47. The predicted octanol–water partition coefficient (Wildman–Crippen LogP) is 1.64. The fourth-order valence-electron chi connectivity index (χ4n) is 3.83. The van der Waals surface area contributed by atoms with Crippen LogP contribution in [-0.2, 0) is 4.79 Å². The van der Waals surface area contributed by atoms with Crippen molar-refractivity contribution >= 4 is 17.6 Å². The van der Waals surface area contributed by atoms with E-state index in [1.54, 1.807) is 7.05 Å². The number of amides is 1. The Morgan fingerprint density at radius 3 is 2.50 bits per heavy atom. The number of rotatable bonds is 3. The largest absolute Gasteiger partial charge is 0.368 e. The van der Waals surface area contributed by atoms with Crippen LogP contribution >= 0.6 is 0 Å². The van der Waals surface area contributed by atoms with E-state index in [-0.39, 0.29) is 5.91 Å². The van der Waals surface area contributed by atoms with Gasteiger partial charge in [-0.15, -0.1) is 0 Å². The topological polar surface area (TPSA) is 51.2 Å². The molecule has 0 radical (unpaired) electrons. The number of piperazine rings is 1. The Balaban J connectivity index is 1.45. The molecule has 1 amide bonds. The highest BCUT2D eigenvalue weighted by molar-refractivity contribution is 5.86. The summed E-state index contributed by atoms with van der Waals surface area (Å²) in [5.74, 6) is 1.70. The van der Waals surface area contributed by atoms with Gasteiger partial charge in [-0.3, -0.25) is 9.79 Å². The second-order valence-electron chi connectivity index (χ2n) is 7.30. The van der Waals surface area contributed by atoms with Crippen LogP contribution in [-0.4, -0.2) is 74.5 Å². The van der Waals surface area contributed by atoms with Gasteiger partial charge in [0.15, 0.2) is 5.96 Å². The molecule has 2 aliphatic rings. The summed E-state index contributed by atoms with van der Waals surface area (Å²) in [6.45, 7) is 7.95. The number of para-hydroxylation sites is 1. The lowest BCUT2D eigenvalue weighted by atomic mass is 10.0. The fourth-order valence-corrected chi connectivity index (χ4v) is 3.83. The lowest BCUT2D eigenvalue weighted by Gasteiger charge is -2.37. The molecule has 1 unspecified atom stereocenters. The molecule has 0 bridgehead atoms. The van der Waals surface area contributed by atoms with Crippen LogP contribution in [0.25, 0.3) is 0 Å². The summed E-state index contributed by atoms with van der Waals surface area (Å²) in [5, 5.41) is 3.27. The first-order chi connectivity index (χ1) is 12.7. The summed E-state index contributed by atoms with van der Waals surface area (Å²) in [7, 11) is 1.80. The standard InChI is InChI=1S/C20H31N5O/c1-17-7-6-10-25(16-17)20(21-2)22-15-19(26)24-13-11-23(12-14-24)18-8-4-3-5-9-18/h3-5,8-9,17H,6-7,10-16H2,1-2H3,(H,21,22). The minimum absolute atomic E-state index is 0.156. The molecule has 2 heterocycles. The molecule has 2 saturated heterocycles. The van der Waals surface area contributed by atoms with Crippen molar-refractivity contribution in [2.75, 3.05) is 57.8 Å². The van der Waals surface area contributed by atoms with Crippen molar-refractivity contribution in [2.45, 2.75) is 19.8 Å². The molecule has 0 aromatic heterocycles. The number of benzene rings is 1. The number of anilines is 1. The lowest BCUT2D eigenvalue weighted by molar-refractivity contribution is -0.130. The molecule has 1 N–H and O–H groups in total. The summed E-state index contributed by atoms with van der Waals surface area (Å²) in [4.78, 5) is 23.5. The highest BCUT2D eigenvalue weighted by atomic mass is 16.2. The molecule has 3 rings (SSSR count). The van der Waals surface area contributed by atoms with E-state index in [2.05, 4.69) is 51.3 Å². The maximum Gasteiger partial charge on any atom is 0.242 e. The van der Waals surface area contributed by atoms with Gasteiger partial charge in [0.1, 0.15) is 0 Å². The van der Waals surface area contributed by atoms with Gasteiger partial charge in [0.05, 0.1) is 6.54 Å². The van der Waals surface area contributed by atoms with Gasteiger partial charge in [-0.05, 0) is 30.9 Å². The maximum atomic E-state index is 12.6. The number of likely N-dealkylation sites (tertiary alicyclic amines) is 1. The van der Waals surface area contributed by atoms with E-state index in [0.29, 0.717) is 12.5 Å². The van der Waals surface area contributed by atoms with Gasteiger partial charge in [-0.2, -0.15) is 0 Å². The van der Waals surface area contributed by atoms with E-state index >= 15 is 0 Å². The van der Waals surface area contributed by atoms with Crippen LogP contribution in [0.2, 0.25) is 0 Å². The Morgan fingerprint density at radius 2 is 1.85 bits per heavy atom. The minimum atomic E-state index is 0.156. The van der Waals surface area contributed by atoms with Crippen molar-refractivity contribution in [3.8, 4) is 0 Å². The number of hydrogen-bond acceptors (Lipinski definition) is 3. The summed E-state index contributed by atoms with van der Waals surface area (Å²) >= 11 is 0. The third-order valence-electron chi connectivity index (χ3n) is 5.32. The van der Waals surface area contributed by atoms with Crippen LogP contribution in [0.4, 0.5) is 5.69 Å². The van der Waals surface area contributed by atoms with E-state index in [1.807, 2.05) is 11.0 Å². The Hall–Kier alpha value is -2.24. The zero-order valence-electron chi connectivity index (χ0n) is 16.0. The van der Waals surface area contributed by atoms with Crippen molar-refractivity contribution in [3.05, 3.63) is 30.3 Å². The first-order valence-corrected chi connectivity index (χ1v) is 9.70. The molecule has 1 aromatic rings. The van der Waals surface area contributed by atoms with Crippen molar-refractivity contribution in [1.29, 1.82) is 0 Å². The van der Waals surface area contributed by atoms with Gasteiger partial charge < -0.3 is 20.0 Å². The average molecular weight is 358 g/mol. The van der Waals surface area contributed by atoms with E-state index in [1.165, 1.54) is 18.5 Å². The predicted molar refractivity (Wildman–Crippen MR) is 107 cm³/mol. The molecule has 6 heteroatoms. The smallest absolute Gasteiger partial charge is 0.242 e. The second-order valence-corrected chi connectivity index (χ2v) is 7.30. The second kappa shape index (κ2) is 8.92. The molecule has 0 spiro atoms. The van der Waals surface area contributed by atoms with Crippen molar-refractivity contribution in [2.24, 2.45) is 10.9 Å². The highest BCUT2D eigenvalue weighted by Crippen LogP contribution is 2.16. The molecular weight excluding hydrogens is 326 g/mol. The first kappa shape index (κ1) is 18.5. The van der Waals surface area contributed by atoms with Crippen molar-refractivity contribution in [1.82, 2.24) is 15.1 Å². The lowest BCUT2D eigenvalue weighted by Crippen LogP contribution is -2.53. The molecule has 1 aromatic carbocycles. The zero-order chi connectivity index (χ0) is 18.4. The van der Waals surface area contributed by atoms with Crippen molar-refractivity contribution < 1.29 is 4.79 Å². The first-order valence-electron chi connectivity index (χ1n) is 9.70. The van der Waals surface area contributed by atoms with Gasteiger partial charge >= 0.3 is 0 Å². The van der Waals surface area contributed by atoms with E-state index in [9.17, 15) is 4.79 Å². The number of nitrogens with zero attached hydrogens (tertiary/aromatic N) is 4. The number of guanidine groups is 1. The van der Waals surface area contributed by atoms with Crippen LogP contribution in [0, 0.1) is 5.92 Å². The Labute approximate surface area is 156 Å². The summed E-state index contributed by atoms with van der Waals surface area (Å²) in [6, 6.07) is 10.4. The number of carbonyl (C=O) groups is 1. The molecule has 2 fully saturated rings. The third-order valence-corrected chi connectivity index (χ3v) is 5.32. The molecule has 2 aliphatic heterocycles. The van der Waals surface area contributed by atoms with E-state index in [4.69, 9.17) is 0 Å². The van der Waals surface area contributed by atoms with Gasteiger partial charge in [0.25, 0.3) is 0 Å². The molecule has 1 atom stereocenters. The summed E-state index contributed by atoms with van der Waals surface area (Å²) in [5.41, 5.74) is 1.23. The van der Waals surface area contributed by atoms with Gasteiger partial charge in [0, 0.05) is 52.0 Å². The monoisotopic (exact) mass is 357 g/mol. The van der Waals surface area contributed by atoms with Gasteiger partial charge in [0.2, 0.25) is 5.91 Å². The number of carbonyl (C=O) groups excluding carboxylic acids is 1. The van der Waals surface area contributed by atoms with Crippen LogP contribution in [0.3, 0.4) is 0 Å². The number of piperidine rings is 1. The van der Waals surface area contributed by atoms with Crippen molar-refractivity contribution in [3.63, 3.8) is 0 Å². The molecule has 6 nitrogen and oxygen atoms in total. The number of aliphatic imine (C=N–C) groups is 1. The van der Waals surface area contributed by atoms with Crippen LogP contribution in [0.1, 0.15) is 19.8 Å². The van der Waals surface area contributed by atoms with Gasteiger partial charge in [-0.1, -0.05) is 25.1 Å². The Kier molecular flexibility index (Phi) is 6.36. The Bertz CT molecular complexity index is 610. The fraction of sp³-hybridized carbons (Fsp3) is 0.600. The molecular formula is C20H31N5O. The zero-order valence-corrected chi connectivity index (χ0v) is 16.0. The van der Waals surface area contributed by atoms with Crippen LogP contribution < -0.4 is 10.2 Å². The van der Waals surface area contributed by atoms with E-state index in [0.717, 1.165) is 45.2 Å². The van der Waals surface area contributed by atoms with Crippen LogP contribution in [0.5, 0.6) is 0 Å². The molecule has 142 valence electrons. The normalized spacial score (nSPS) is 21.7. The molecule has 26 heavy (non-hydrogen) atoms. The summed E-state index contributed by atoms with van der Waals surface area (Å²) < 4.78 is 0. The highest BCUT2D eigenvalue weighted by Gasteiger charge is 2.23. The average Bonchev–Trinajstić information content (AvgIpc) is 2.69. The minimum Gasteiger partial charge on any atom is -0.368 e. The third kappa shape index (κ3) is 4.68. The number of hydrogen-bond donors (Lipinski definition) is 1.